The van der Waals surface area contributed by atoms with Gasteiger partial charge in [-0.2, -0.15) is 5.10 Å². The molecule has 0 radical (unpaired) electrons. The summed E-state index contributed by atoms with van der Waals surface area (Å²) in [5.74, 6) is 0.381. The molecule has 0 saturated carbocycles. The van der Waals surface area contributed by atoms with Crippen molar-refractivity contribution in [3.63, 3.8) is 0 Å². The van der Waals surface area contributed by atoms with Gasteiger partial charge in [0.05, 0.1) is 10.2 Å². The van der Waals surface area contributed by atoms with Gasteiger partial charge in [0, 0.05) is 5.56 Å². The zero-order valence-corrected chi connectivity index (χ0v) is 17.6. The number of benzene rings is 2. The predicted molar refractivity (Wildman–Crippen MR) is 112 cm³/mol. The minimum Gasteiger partial charge on any atom is -0.483 e. The van der Waals surface area contributed by atoms with E-state index in [1.54, 1.807) is 0 Å². The fourth-order valence-corrected chi connectivity index (χ4v) is 3.60. The van der Waals surface area contributed by atoms with Gasteiger partial charge < -0.3 is 4.74 Å². The summed E-state index contributed by atoms with van der Waals surface area (Å²) >= 11 is 3.53. The molecule has 27 heavy (non-hydrogen) atoms. The number of hydrazone groups is 1. The van der Waals surface area contributed by atoms with Crippen LogP contribution >= 0.6 is 15.9 Å². The van der Waals surface area contributed by atoms with E-state index in [1.165, 1.54) is 11.1 Å². The van der Waals surface area contributed by atoms with E-state index in [2.05, 4.69) is 59.4 Å². The predicted octanol–water partition coefficient (Wildman–Crippen LogP) is 4.98. The van der Waals surface area contributed by atoms with Gasteiger partial charge in [-0.1, -0.05) is 51.1 Å². The zero-order valence-electron chi connectivity index (χ0n) is 16.0. The maximum absolute atomic E-state index is 12.2. The molecule has 3 rings (SSSR count). The van der Waals surface area contributed by atoms with Crippen molar-refractivity contribution in [1.29, 1.82) is 0 Å². The Labute approximate surface area is 169 Å². The number of aryl methyl sites for hydroxylation is 1. The van der Waals surface area contributed by atoms with Crippen LogP contribution in [-0.2, 0) is 16.6 Å². The van der Waals surface area contributed by atoms with E-state index in [-0.39, 0.29) is 17.9 Å². The van der Waals surface area contributed by atoms with Crippen LogP contribution in [0.4, 0.5) is 0 Å². The molecule has 5 heteroatoms. The van der Waals surface area contributed by atoms with Crippen LogP contribution in [0, 0.1) is 0 Å². The summed E-state index contributed by atoms with van der Waals surface area (Å²) in [4.78, 5) is 12.2. The Morgan fingerprint density at radius 3 is 2.70 bits per heavy atom. The Morgan fingerprint density at radius 1 is 1.19 bits per heavy atom. The highest BCUT2D eigenvalue weighted by molar-refractivity contribution is 9.10. The maximum Gasteiger partial charge on any atom is 0.277 e. The van der Waals surface area contributed by atoms with E-state index in [0.717, 1.165) is 35.0 Å². The van der Waals surface area contributed by atoms with Crippen LogP contribution in [0.1, 0.15) is 50.3 Å². The smallest absolute Gasteiger partial charge is 0.277 e. The van der Waals surface area contributed by atoms with Crippen LogP contribution in [0.25, 0.3) is 0 Å². The van der Waals surface area contributed by atoms with Crippen molar-refractivity contribution >= 4 is 27.5 Å². The molecule has 0 bridgehead atoms. The van der Waals surface area contributed by atoms with E-state index in [9.17, 15) is 4.79 Å². The molecule has 0 saturated heterocycles. The number of hydrogen-bond donors (Lipinski definition) is 1. The number of rotatable bonds is 4. The first-order valence-electron chi connectivity index (χ1n) is 9.21. The third-order valence-electron chi connectivity index (χ3n) is 4.66. The number of carbonyl (C=O) groups excluding carboxylic acids is 1. The van der Waals surface area contributed by atoms with Crippen LogP contribution < -0.4 is 10.2 Å². The van der Waals surface area contributed by atoms with Crippen molar-refractivity contribution < 1.29 is 9.53 Å². The number of halogens is 1. The second-order valence-electron chi connectivity index (χ2n) is 7.79. The molecule has 142 valence electrons. The quantitative estimate of drug-likeness (QED) is 0.697. The molecular weight excluding hydrogens is 404 g/mol. The van der Waals surface area contributed by atoms with Gasteiger partial charge in [-0.15, -0.1) is 0 Å². The molecule has 1 aliphatic rings. The van der Waals surface area contributed by atoms with Gasteiger partial charge in [0.15, 0.2) is 6.61 Å². The Bertz CT molecular complexity index is 869. The van der Waals surface area contributed by atoms with Crippen LogP contribution in [-0.4, -0.2) is 18.2 Å². The largest absolute Gasteiger partial charge is 0.483 e. The topological polar surface area (TPSA) is 50.7 Å². The molecule has 0 unspecified atom stereocenters. The Kier molecular flexibility index (Phi) is 6.00. The van der Waals surface area contributed by atoms with Crippen LogP contribution in [0.2, 0.25) is 0 Å². The number of fused-ring (bicyclic) bond motifs is 1. The lowest BCUT2D eigenvalue weighted by Gasteiger charge is -2.20. The van der Waals surface area contributed by atoms with Crippen molar-refractivity contribution in [3.05, 3.63) is 63.6 Å². The molecule has 4 nitrogen and oxygen atoms in total. The monoisotopic (exact) mass is 428 g/mol. The molecule has 2 aromatic rings. The molecular formula is C22H25BrN2O2. The average molecular weight is 429 g/mol. The lowest BCUT2D eigenvalue weighted by molar-refractivity contribution is -0.123. The first kappa shape index (κ1) is 19.6. The average Bonchev–Trinajstić information content (AvgIpc) is 2.64. The summed E-state index contributed by atoms with van der Waals surface area (Å²) in [7, 11) is 0. The first-order valence-corrected chi connectivity index (χ1v) is 10.0. The number of nitrogens with zero attached hydrogens (tertiary/aromatic N) is 1. The Morgan fingerprint density at radius 2 is 1.96 bits per heavy atom. The number of carbonyl (C=O) groups is 1. The third kappa shape index (κ3) is 4.98. The standard InChI is InChI=1S/C22H25BrN2O2/c1-22(2,3)16-11-12-20(18(23)13-16)27-14-21(26)25-24-19-10-6-8-15-7-4-5-9-17(15)19/h4-5,7,9,11-13H,6,8,10,14H2,1-3H3,(H,25,26)/b24-19-. The van der Waals surface area contributed by atoms with Crippen LogP contribution in [0.5, 0.6) is 5.75 Å². The summed E-state index contributed by atoms with van der Waals surface area (Å²) in [6.07, 6.45) is 2.98. The van der Waals surface area contributed by atoms with E-state index in [1.807, 2.05) is 30.3 Å². The van der Waals surface area contributed by atoms with E-state index in [0.29, 0.717) is 5.75 Å². The van der Waals surface area contributed by atoms with Crippen molar-refractivity contribution in [1.82, 2.24) is 5.43 Å². The van der Waals surface area contributed by atoms with Gasteiger partial charge in [-0.25, -0.2) is 5.43 Å². The molecule has 1 amide bonds. The second-order valence-corrected chi connectivity index (χ2v) is 8.64. The zero-order chi connectivity index (χ0) is 19.4. The van der Waals surface area contributed by atoms with Crippen LogP contribution in [0.3, 0.4) is 0 Å². The molecule has 0 aliphatic heterocycles. The molecule has 0 spiro atoms. The van der Waals surface area contributed by atoms with Gasteiger partial charge in [0.1, 0.15) is 5.75 Å². The SMILES string of the molecule is CC(C)(C)c1ccc(OCC(=O)N/N=C2/CCCc3ccccc32)c(Br)c1. The van der Waals surface area contributed by atoms with E-state index < -0.39 is 0 Å². The summed E-state index contributed by atoms with van der Waals surface area (Å²) in [5.41, 5.74) is 7.24. The maximum atomic E-state index is 12.2. The minimum atomic E-state index is -0.266. The summed E-state index contributed by atoms with van der Waals surface area (Å²) < 4.78 is 6.49. The first-order chi connectivity index (χ1) is 12.8. The lowest BCUT2D eigenvalue weighted by Crippen LogP contribution is -2.27. The fourth-order valence-electron chi connectivity index (χ4n) is 3.11. The van der Waals surface area contributed by atoms with E-state index >= 15 is 0 Å². The minimum absolute atomic E-state index is 0.0603. The molecule has 0 aromatic heterocycles. The van der Waals surface area contributed by atoms with Crippen molar-refractivity contribution in [2.75, 3.05) is 6.61 Å². The number of nitrogens with one attached hydrogen (secondary N) is 1. The fraction of sp³-hybridized carbons (Fsp3) is 0.364. The summed E-state index contributed by atoms with van der Waals surface area (Å²) in [6.45, 7) is 6.40. The van der Waals surface area contributed by atoms with Crippen molar-refractivity contribution in [2.24, 2.45) is 5.10 Å². The molecule has 1 N–H and O–H groups in total. The highest BCUT2D eigenvalue weighted by Crippen LogP contribution is 2.31. The Hall–Kier alpha value is -2.14. The number of amides is 1. The summed E-state index contributed by atoms with van der Waals surface area (Å²) in [5, 5.41) is 4.33. The second kappa shape index (κ2) is 8.26. The van der Waals surface area contributed by atoms with Gasteiger partial charge in [0.2, 0.25) is 0 Å². The molecule has 2 aromatic carbocycles. The van der Waals surface area contributed by atoms with Gasteiger partial charge in [0.25, 0.3) is 5.91 Å². The molecule has 0 heterocycles. The molecule has 0 atom stereocenters. The van der Waals surface area contributed by atoms with E-state index in [4.69, 9.17) is 4.74 Å². The summed E-state index contributed by atoms with van der Waals surface area (Å²) in [6, 6.07) is 14.2. The molecule has 0 fully saturated rings. The highest BCUT2D eigenvalue weighted by atomic mass is 79.9. The van der Waals surface area contributed by atoms with Gasteiger partial charge >= 0.3 is 0 Å². The normalized spacial score (nSPS) is 15.3. The van der Waals surface area contributed by atoms with Gasteiger partial charge in [-0.3, -0.25) is 4.79 Å². The van der Waals surface area contributed by atoms with Crippen molar-refractivity contribution in [3.8, 4) is 5.75 Å². The third-order valence-corrected chi connectivity index (χ3v) is 5.28. The van der Waals surface area contributed by atoms with Crippen molar-refractivity contribution in [2.45, 2.75) is 45.4 Å². The van der Waals surface area contributed by atoms with Crippen LogP contribution in [0.15, 0.2) is 52.0 Å². The number of ether oxygens (including phenoxy) is 1. The lowest BCUT2D eigenvalue weighted by atomic mass is 9.87. The van der Waals surface area contributed by atoms with Gasteiger partial charge in [-0.05, 0) is 63.9 Å². The Balaban J connectivity index is 1.60. The number of hydrogen-bond acceptors (Lipinski definition) is 3. The molecule has 1 aliphatic carbocycles. The highest BCUT2D eigenvalue weighted by Gasteiger charge is 2.17.